The zero-order chi connectivity index (χ0) is 33.1. The molecule has 0 spiro atoms. The first-order valence-corrected chi connectivity index (χ1v) is 15.8. The minimum atomic E-state index is -1.16. The van der Waals surface area contributed by atoms with E-state index in [1.807, 2.05) is 43.3 Å². The first kappa shape index (κ1) is 37.2. The molecule has 13 heteroatoms. The number of halogens is 2. The van der Waals surface area contributed by atoms with Gasteiger partial charge in [0, 0.05) is 64.4 Å². The normalized spacial score (nSPS) is 14.0. The van der Waals surface area contributed by atoms with Crippen molar-refractivity contribution in [1.82, 2.24) is 14.5 Å². The van der Waals surface area contributed by atoms with Crippen LogP contribution in [0.1, 0.15) is 32.8 Å². The molecule has 1 aromatic carbocycles. The predicted octanol–water partition coefficient (Wildman–Crippen LogP) is 6.42. The molecule has 0 unspecified atom stereocenters. The molecule has 6 rings (SSSR count). The van der Waals surface area contributed by atoms with Crippen molar-refractivity contribution < 1.29 is 23.2 Å². The Morgan fingerprint density at radius 1 is 0.939 bits per heavy atom. The van der Waals surface area contributed by atoms with Gasteiger partial charge in [0.1, 0.15) is 28.8 Å². The number of hydrogen-bond acceptors (Lipinski definition) is 8. The molecule has 1 aliphatic rings. The zero-order valence-electron chi connectivity index (χ0n) is 28.0. The van der Waals surface area contributed by atoms with Crippen molar-refractivity contribution in [1.29, 1.82) is 0 Å². The lowest BCUT2D eigenvalue weighted by Gasteiger charge is -2.27. The van der Waals surface area contributed by atoms with E-state index in [9.17, 15) is 14.4 Å². The second kappa shape index (κ2) is 15.8. The van der Waals surface area contributed by atoms with Crippen LogP contribution in [0.2, 0.25) is 0 Å². The topological polar surface area (TPSA) is 114 Å². The molecule has 5 heterocycles. The van der Waals surface area contributed by atoms with Crippen molar-refractivity contribution in [2.24, 2.45) is 5.41 Å². The highest BCUT2D eigenvalue weighted by molar-refractivity contribution is 6.20. The number of aromatic nitrogens is 2. The number of ether oxygens (including phenoxy) is 1. The molecule has 0 aliphatic carbocycles. The summed E-state index contributed by atoms with van der Waals surface area (Å²) in [6, 6.07) is 14.9. The Morgan fingerprint density at radius 2 is 1.71 bits per heavy atom. The van der Waals surface area contributed by atoms with Crippen molar-refractivity contribution in [2.45, 2.75) is 40.3 Å². The van der Waals surface area contributed by atoms with E-state index in [4.69, 9.17) is 13.6 Å². The average Bonchev–Trinajstić information content (AvgIpc) is 3.77. The third-order valence-corrected chi connectivity index (χ3v) is 8.70. The Labute approximate surface area is 297 Å². The van der Waals surface area contributed by atoms with Crippen LogP contribution in [-0.2, 0) is 22.7 Å². The minimum absolute atomic E-state index is 0. The van der Waals surface area contributed by atoms with Crippen LogP contribution in [-0.4, -0.2) is 59.6 Å². The fourth-order valence-corrected chi connectivity index (χ4v) is 6.01. The van der Waals surface area contributed by atoms with Crippen molar-refractivity contribution >= 4 is 59.0 Å². The first-order chi connectivity index (χ1) is 22.7. The molecule has 260 valence electrons. The second-order valence-corrected chi connectivity index (χ2v) is 12.2. The van der Waals surface area contributed by atoms with Crippen molar-refractivity contribution in [3.63, 3.8) is 0 Å². The Kier molecular flexibility index (Phi) is 12.0. The van der Waals surface area contributed by atoms with E-state index in [0.717, 1.165) is 24.1 Å². The van der Waals surface area contributed by atoms with Crippen molar-refractivity contribution in [3.05, 3.63) is 95.6 Å². The number of hydrogen-bond donors (Lipinski definition) is 0. The Bertz CT molecular complexity index is 1940. The van der Waals surface area contributed by atoms with Gasteiger partial charge in [-0.15, -0.1) is 24.8 Å². The molecular formula is C36H41Cl2N5O6. The van der Waals surface area contributed by atoms with E-state index in [0.29, 0.717) is 66.6 Å². The number of carbonyl (C=O) groups is 2. The third kappa shape index (κ3) is 7.69. The van der Waals surface area contributed by atoms with Crippen LogP contribution < -0.4 is 20.1 Å². The summed E-state index contributed by atoms with van der Waals surface area (Å²) in [6.07, 6.45) is 9.22. The fourth-order valence-electron chi connectivity index (χ4n) is 6.01. The Balaban J connectivity index is 0.00000270. The van der Waals surface area contributed by atoms with Crippen LogP contribution >= 0.6 is 24.8 Å². The van der Waals surface area contributed by atoms with Gasteiger partial charge < -0.3 is 27.9 Å². The molecule has 0 fully saturated rings. The number of rotatable bonds is 12. The summed E-state index contributed by atoms with van der Waals surface area (Å²) >= 11 is 0. The highest BCUT2D eigenvalue weighted by Gasteiger charge is 2.45. The van der Waals surface area contributed by atoms with Gasteiger partial charge in [0.05, 0.1) is 35.2 Å². The van der Waals surface area contributed by atoms with Crippen LogP contribution in [0.25, 0.3) is 22.3 Å². The lowest BCUT2D eigenvalue weighted by Crippen LogP contribution is -2.47. The minimum Gasteiger partial charge on any atom is -0.493 e. The fraction of sp³-hybridized carbons (Fsp3) is 0.333. The molecule has 5 aromatic rings. The molecule has 0 radical (unpaired) electrons. The summed E-state index contributed by atoms with van der Waals surface area (Å²) in [4.78, 5) is 49.4. The Morgan fingerprint density at radius 3 is 2.43 bits per heavy atom. The van der Waals surface area contributed by atoms with Crippen LogP contribution in [0, 0.1) is 5.41 Å². The van der Waals surface area contributed by atoms with E-state index < -0.39 is 5.41 Å². The number of benzene rings is 1. The highest BCUT2D eigenvalue weighted by atomic mass is 35.5. The maximum absolute atomic E-state index is 13.3. The molecule has 0 saturated carbocycles. The lowest BCUT2D eigenvalue weighted by atomic mass is 9.90. The molecule has 11 nitrogen and oxygen atoms in total. The van der Waals surface area contributed by atoms with E-state index in [1.165, 1.54) is 0 Å². The van der Waals surface area contributed by atoms with Gasteiger partial charge in [-0.3, -0.25) is 24.3 Å². The standard InChI is InChI=1S/C36H39N5O6.2ClH/c1-5-41-29-8-7-27(21-30(29)38(4)34(43)36(2,3)35(41)44)46-19-6-15-39(23-25-9-13-37-14-10-25)17-18-40-16-11-31-28(33(40)42)22-32(47-31)26-12-20-45-24-26;;/h7-14,16,20-22,24H,5-6,15,17-19,23H2,1-4H3;2*1H. The molecule has 49 heavy (non-hydrogen) atoms. The molecule has 2 amide bonds. The highest BCUT2D eigenvalue weighted by Crippen LogP contribution is 2.40. The van der Waals surface area contributed by atoms with Crippen molar-refractivity contribution in [3.8, 4) is 17.1 Å². The number of nitrogens with zero attached hydrogens (tertiary/aromatic N) is 5. The lowest BCUT2D eigenvalue weighted by molar-refractivity contribution is -0.137. The number of carbonyl (C=O) groups excluding carboxylic acids is 2. The van der Waals surface area contributed by atoms with Gasteiger partial charge in [0.2, 0.25) is 11.8 Å². The predicted molar refractivity (Wildman–Crippen MR) is 194 cm³/mol. The van der Waals surface area contributed by atoms with E-state index in [1.54, 1.807) is 78.5 Å². The maximum atomic E-state index is 13.3. The zero-order valence-corrected chi connectivity index (χ0v) is 29.6. The summed E-state index contributed by atoms with van der Waals surface area (Å²) in [5, 5.41) is 0.529. The van der Waals surface area contributed by atoms with Crippen molar-refractivity contribution in [2.75, 3.05) is 43.1 Å². The van der Waals surface area contributed by atoms with E-state index in [2.05, 4.69) is 9.88 Å². The summed E-state index contributed by atoms with van der Waals surface area (Å²) < 4.78 is 18.9. The number of anilines is 2. The summed E-state index contributed by atoms with van der Waals surface area (Å²) in [5.41, 5.74) is 2.51. The van der Waals surface area contributed by atoms with Gasteiger partial charge in [-0.1, -0.05) is 0 Å². The largest absolute Gasteiger partial charge is 0.493 e. The summed E-state index contributed by atoms with van der Waals surface area (Å²) in [7, 11) is 1.70. The molecule has 0 saturated heterocycles. The van der Waals surface area contributed by atoms with Gasteiger partial charge in [0.25, 0.3) is 5.56 Å². The van der Waals surface area contributed by atoms with E-state index >= 15 is 0 Å². The number of fused-ring (bicyclic) bond motifs is 2. The van der Waals surface area contributed by atoms with Crippen LogP contribution in [0.5, 0.6) is 5.75 Å². The molecular weight excluding hydrogens is 669 g/mol. The SMILES string of the molecule is CCN1C(=O)C(C)(C)C(=O)N(C)c2cc(OCCCN(CCn3ccc4oc(-c5ccoc5)cc4c3=O)Cc3ccncc3)ccc21.Cl.Cl. The maximum Gasteiger partial charge on any atom is 0.261 e. The molecule has 0 bridgehead atoms. The quantitative estimate of drug-likeness (QED) is 0.108. The Hall–Kier alpha value is -4.58. The summed E-state index contributed by atoms with van der Waals surface area (Å²) in [5.74, 6) is 0.746. The molecule has 1 aliphatic heterocycles. The average molecular weight is 711 g/mol. The second-order valence-electron chi connectivity index (χ2n) is 12.2. The third-order valence-electron chi connectivity index (χ3n) is 8.70. The van der Waals surface area contributed by atoms with Gasteiger partial charge >= 0.3 is 0 Å². The number of amides is 2. The van der Waals surface area contributed by atoms with Crippen LogP contribution in [0.15, 0.2) is 93.3 Å². The summed E-state index contributed by atoms with van der Waals surface area (Å²) in [6.45, 7) is 8.71. The molecule has 4 aromatic heterocycles. The number of pyridine rings is 2. The smallest absolute Gasteiger partial charge is 0.261 e. The first-order valence-electron chi connectivity index (χ1n) is 15.8. The number of furan rings is 2. The van der Waals surface area contributed by atoms with Gasteiger partial charge in [-0.2, -0.15) is 0 Å². The van der Waals surface area contributed by atoms with Crippen LogP contribution in [0.3, 0.4) is 0 Å². The molecule has 0 atom stereocenters. The van der Waals surface area contributed by atoms with Gasteiger partial charge in [-0.05, 0) is 75.2 Å². The van der Waals surface area contributed by atoms with E-state index in [-0.39, 0.29) is 42.2 Å². The van der Waals surface area contributed by atoms with Gasteiger partial charge in [-0.25, -0.2) is 0 Å². The molecule has 0 N–H and O–H groups in total. The van der Waals surface area contributed by atoms with Crippen LogP contribution in [0.4, 0.5) is 11.4 Å². The monoisotopic (exact) mass is 709 g/mol. The van der Waals surface area contributed by atoms with Gasteiger partial charge in [0.15, 0.2) is 0 Å².